The van der Waals surface area contributed by atoms with Crippen LogP contribution in [-0.4, -0.2) is 18.3 Å². The van der Waals surface area contributed by atoms with Crippen molar-refractivity contribution in [2.45, 2.75) is 71.6 Å². The maximum absolute atomic E-state index is 13.6. The minimum absolute atomic E-state index is 0.0397. The van der Waals surface area contributed by atoms with E-state index < -0.39 is 12.0 Å². The molecule has 1 atom stereocenters. The molecule has 0 radical (unpaired) electrons. The second-order valence-electron chi connectivity index (χ2n) is 6.55. The van der Waals surface area contributed by atoms with Crippen molar-refractivity contribution in [2.24, 2.45) is 0 Å². The van der Waals surface area contributed by atoms with Crippen LogP contribution in [0, 0.1) is 5.82 Å². The molecule has 0 aromatic heterocycles. The summed E-state index contributed by atoms with van der Waals surface area (Å²) in [7, 11) is 0. The topological polar surface area (TPSA) is 21.3 Å². The number of halogens is 2. The monoisotopic (exact) mass is 313 g/mol. The van der Waals surface area contributed by atoms with Crippen molar-refractivity contribution in [3.05, 3.63) is 29.6 Å². The number of hydrogen-bond donors (Lipinski definition) is 1. The zero-order chi connectivity index (χ0) is 16.6. The summed E-state index contributed by atoms with van der Waals surface area (Å²) in [6.07, 6.45) is 3.63. The van der Waals surface area contributed by atoms with Gasteiger partial charge in [0.2, 0.25) is 0 Å². The van der Waals surface area contributed by atoms with Crippen LogP contribution in [0.5, 0.6) is 5.75 Å². The van der Waals surface area contributed by atoms with Gasteiger partial charge in [-0.25, -0.2) is 8.78 Å². The highest BCUT2D eigenvalue weighted by Gasteiger charge is 2.16. The Balaban J connectivity index is 2.56. The summed E-state index contributed by atoms with van der Waals surface area (Å²) >= 11 is 0. The first kappa shape index (κ1) is 18.9. The van der Waals surface area contributed by atoms with Crippen LogP contribution < -0.4 is 10.1 Å². The number of unbranched alkanes of at least 4 members (excludes halogenated alkanes) is 2. The Labute approximate surface area is 133 Å². The van der Waals surface area contributed by atoms with Crippen LogP contribution in [0.15, 0.2) is 18.2 Å². The van der Waals surface area contributed by atoms with Crippen LogP contribution in [0.25, 0.3) is 0 Å². The van der Waals surface area contributed by atoms with Gasteiger partial charge < -0.3 is 10.1 Å². The van der Waals surface area contributed by atoms with E-state index in [1.807, 2.05) is 0 Å². The van der Waals surface area contributed by atoms with E-state index in [1.54, 1.807) is 12.1 Å². The molecule has 0 saturated carbocycles. The van der Waals surface area contributed by atoms with Crippen molar-refractivity contribution in [3.8, 4) is 5.75 Å². The number of benzene rings is 1. The molecule has 0 amide bonds. The molecule has 1 rings (SSSR count). The molecule has 1 N–H and O–H groups in total. The van der Waals surface area contributed by atoms with Crippen molar-refractivity contribution in [3.63, 3.8) is 0 Å². The van der Waals surface area contributed by atoms with E-state index in [1.165, 1.54) is 32.3 Å². The molecule has 1 unspecified atom stereocenters. The summed E-state index contributed by atoms with van der Waals surface area (Å²) < 4.78 is 31.6. The molecule has 0 spiro atoms. The summed E-state index contributed by atoms with van der Waals surface area (Å²) in [5, 5.41) is 3.49. The smallest absolute Gasteiger partial charge is 0.165 e. The Bertz CT molecular complexity index is 447. The van der Waals surface area contributed by atoms with E-state index in [-0.39, 0.29) is 17.9 Å². The molecule has 4 heteroatoms. The predicted molar refractivity (Wildman–Crippen MR) is 87.5 cm³/mol. The van der Waals surface area contributed by atoms with E-state index in [2.05, 4.69) is 26.1 Å². The summed E-state index contributed by atoms with van der Waals surface area (Å²) in [4.78, 5) is 0. The minimum Gasteiger partial charge on any atom is -0.487 e. The lowest BCUT2D eigenvalue weighted by Crippen LogP contribution is -2.38. The van der Waals surface area contributed by atoms with E-state index in [0.29, 0.717) is 6.54 Å². The molecule has 0 heterocycles. The summed E-state index contributed by atoms with van der Waals surface area (Å²) in [5.41, 5.74) is 0.976. The molecule has 0 aliphatic heterocycles. The Morgan fingerprint density at radius 1 is 1.27 bits per heavy atom. The second-order valence-corrected chi connectivity index (χ2v) is 6.55. The molecule has 0 bridgehead atoms. The van der Waals surface area contributed by atoms with Gasteiger partial charge in [-0.05, 0) is 44.9 Å². The summed E-state index contributed by atoms with van der Waals surface area (Å²) in [5.74, 6) is -0.334. The summed E-state index contributed by atoms with van der Waals surface area (Å²) in [6.45, 7) is 8.45. The third kappa shape index (κ3) is 7.21. The Kier molecular flexibility index (Phi) is 7.80. The molecule has 0 aliphatic carbocycles. The first-order valence-electron chi connectivity index (χ1n) is 8.14. The van der Waals surface area contributed by atoms with Crippen molar-refractivity contribution in [1.82, 2.24) is 5.32 Å². The van der Waals surface area contributed by atoms with Gasteiger partial charge in [-0.3, -0.25) is 0 Å². The van der Waals surface area contributed by atoms with Crippen LogP contribution in [0.4, 0.5) is 8.78 Å². The van der Waals surface area contributed by atoms with E-state index in [9.17, 15) is 8.78 Å². The van der Waals surface area contributed by atoms with Gasteiger partial charge in [0.25, 0.3) is 0 Å². The highest BCUT2D eigenvalue weighted by atomic mass is 19.1. The molecule has 1 aromatic rings. The van der Waals surface area contributed by atoms with E-state index in [4.69, 9.17) is 4.74 Å². The third-order valence-electron chi connectivity index (χ3n) is 3.64. The fourth-order valence-corrected chi connectivity index (χ4v) is 2.22. The number of hydrogen-bond acceptors (Lipinski definition) is 2. The number of alkyl halides is 1. The molecule has 0 fully saturated rings. The lowest BCUT2D eigenvalue weighted by molar-refractivity contribution is 0.203. The average molecular weight is 313 g/mol. The zero-order valence-corrected chi connectivity index (χ0v) is 14.2. The predicted octanol–water partition coefficient (Wildman–Crippen LogP) is 5.01. The second kappa shape index (κ2) is 9.09. The van der Waals surface area contributed by atoms with Gasteiger partial charge in [-0.2, -0.15) is 0 Å². The van der Waals surface area contributed by atoms with Crippen LogP contribution >= 0.6 is 0 Å². The molecule has 0 aliphatic rings. The quantitative estimate of drug-likeness (QED) is 0.613. The fourth-order valence-electron chi connectivity index (χ4n) is 2.22. The lowest BCUT2D eigenvalue weighted by atomic mass is 9.96. The fraction of sp³-hybridized carbons (Fsp3) is 0.667. The number of rotatable bonds is 10. The summed E-state index contributed by atoms with van der Waals surface area (Å²) in [6, 6.07) is 4.75. The van der Waals surface area contributed by atoms with Gasteiger partial charge in [-0.15, -0.1) is 0 Å². The molecular weight excluding hydrogens is 284 g/mol. The maximum atomic E-state index is 13.6. The van der Waals surface area contributed by atoms with E-state index >= 15 is 0 Å². The average Bonchev–Trinajstić information content (AvgIpc) is 2.45. The van der Waals surface area contributed by atoms with Crippen molar-refractivity contribution >= 4 is 0 Å². The van der Waals surface area contributed by atoms with Crippen LogP contribution in [0.1, 0.15) is 58.9 Å². The Morgan fingerprint density at radius 2 is 2.00 bits per heavy atom. The van der Waals surface area contributed by atoms with Crippen molar-refractivity contribution in [1.29, 1.82) is 0 Å². The lowest BCUT2D eigenvalue weighted by Gasteiger charge is -2.26. The van der Waals surface area contributed by atoms with Gasteiger partial charge >= 0.3 is 0 Å². The molecule has 2 nitrogen and oxygen atoms in total. The number of nitrogens with one attached hydrogen (secondary N) is 1. The van der Waals surface area contributed by atoms with Crippen molar-refractivity contribution < 1.29 is 13.5 Å². The Morgan fingerprint density at radius 3 is 2.64 bits per heavy atom. The van der Waals surface area contributed by atoms with E-state index in [0.717, 1.165) is 12.0 Å². The highest BCUT2D eigenvalue weighted by molar-refractivity contribution is 5.30. The van der Waals surface area contributed by atoms with Gasteiger partial charge in [0.1, 0.15) is 12.8 Å². The van der Waals surface area contributed by atoms with Gasteiger partial charge in [-0.1, -0.05) is 32.3 Å². The number of ether oxygens (including phenoxy) is 1. The Hall–Kier alpha value is -1.16. The molecule has 0 saturated heterocycles. The molecule has 126 valence electrons. The van der Waals surface area contributed by atoms with Crippen LogP contribution in [0.2, 0.25) is 0 Å². The minimum atomic E-state index is -1.11. The zero-order valence-electron chi connectivity index (χ0n) is 14.2. The largest absolute Gasteiger partial charge is 0.487 e. The van der Waals surface area contributed by atoms with Gasteiger partial charge in [0.15, 0.2) is 11.6 Å². The SMILES string of the molecule is CCCCCC(C)(C)NCc1ccc(F)c(OCC(C)F)c1. The van der Waals surface area contributed by atoms with Crippen LogP contribution in [-0.2, 0) is 6.54 Å². The molecule has 1 aromatic carbocycles. The standard InChI is InChI=1S/C18H29F2NO/c1-5-6-7-10-18(3,4)21-12-15-8-9-16(20)17(11-15)22-13-14(2)19/h8-9,11,14,21H,5-7,10,12-13H2,1-4H3. The normalized spacial score (nSPS) is 13.2. The van der Waals surface area contributed by atoms with Gasteiger partial charge in [0.05, 0.1) is 0 Å². The molecule has 22 heavy (non-hydrogen) atoms. The molecular formula is C18H29F2NO. The first-order chi connectivity index (χ1) is 10.3. The van der Waals surface area contributed by atoms with Crippen LogP contribution in [0.3, 0.4) is 0 Å². The third-order valence-corrected chi connectivity index (χ3v) is 3.64. The highest BCUT2D eigenvalue weighted by Crippen LogP contribution is 2.21. The maximum Gasteiger partial charge on any atom is 0.165 e. The first-order valence-corrected chi connectivity index (χ1v) is 8.14. The van der Waals surface area contributed by atoms with Crippen molar-refractivity contribution in [2.75, 3.05) is 6.61 Å². The van der Waals surface area contributed by atoms with Gasteiger partial charge in [0, 0.05) is 12.1 Å².